The van der Waals surface area contributed by atoms with Crippen LogP contribution in [0.1, 0.15) is 16.9 Å². The summed E-state index contributed by atoms with van der Waals surface area (Å²) in [6.07, 6.45) is 0. The van der Waals surface area contributed by atoms with E-state index in [0.717, 1.165) is 11.1 Å². The van der Waals surface area contributed by atoms with E-state index in [1.807, 2.05) is 26.0 Å². The Balaban J connectivity index is 2.40. The topological polar surface area (TPSA) is 85.3 Å². The Bertz CT molecular complexity index is 738. The van der Waals surface area contributed by atoms with Crippen LogP contribution in [0.15, 0.2) is 38.2 Å². The molecule has 0 spiro atoms. The molecule has 0 bridgehead atoms. The van der Waals surface area contributed by atoms with Crippen LogP contribution in [-0.2, 0) is 16.6 Å². The van der Waals surface area contributed by atoms with Gasteiger partial charge in [-0.3, -0.25) is 4.72 Å². The third-order valence-electron chi connectivity index (χ3n) is 2.83. The number of hydrogen-bond acceptors (Lipinski definition) is 4. The molecule has 20 heavy (non-hydrogen) atoms. The molecule has 0 aliphatic rings. The van der Waals surface area contributed by atoms with Crippen molar-refractivity contribution in [3.05, 3.63) is 45.8 Å². The summed E-state index contributed by atoms with van der Waals surface area (Å²) in [7, 11) is -3.72. The Kier molecular flexibility index (Phi) is 4.22. The summed E-state index contributed by atoms with van der Waals surface area (Å²) >= 11 is 3.10. The van der Waals surface area contributed by atoms with Crippen molar-refractivity contribution in [1.82, 2.24) is 0 Å². The number of halogens is 1. The lowest BCUT2D eigenvalue weighted by Gasteiger charge is -2.10. The monoisotopic (exact) mass is 358 g/mol. The molecule has 0 radical (unpaired) electrons. The first kappa shape index (κ1) is 15.1. The van der Waals surface area contributed by atoms with E-state index in [2.05, 4.69) is 20.7 Å². The number of aryl methyl sites for hydroxylation is 2. The van der Waals surface area contributed by atoms with Crippen LogP contribution < -0.4 is 10.5 Å². The van der Waals surface area contributed by atoms with Gasteiger partial charge in [0, 0.05) is 6.07 Å². The van der Waals surface area contributed by atoms with Crippen LogP contribution in [0, 0.1) is 13.8 Å². The molecule has 1 heterocycles. The van der Waals surface area contributed by atoms with Gasteiger partial charge in [-0.1, -0.05) is 12.1 Å². The second kappa shape index (κ2) is 5.59. The maximum atomic E-state index is 12.4. The van der Waals surface area contributed by atoms with Gasteiger partial charge in [-0.05, 0) is 47.0 Å². The van der Waals surface area contributed by atoms with Crippen LogP contribution in [0.4, 0.5) is 5.69 Å². The van der Waals surface area contributed by atoms with Gasteiger partial charge in [0.1, 0.15) is 10.7 Å². The molecule has 0 saturated heterocycles. The van der Waals surface area contributed by atoms with Crippen LogP contribution in [0.2, 0.25) is 0 Å². The Hall–Kier alpha value is -1.31. The van der Waals surface area contributed by atoms with Crippen LogP contribution in [0.3, 0.4) is 0 Å². The van der Waals surface area contributed by atoms with Gasteiger partial charge in [0.05, 0.1) is 12.2 Å². The van der Waals surface area contributed by atoms with Crippen molar-refractivity contribution in [3.63, 3.8) is 0 Å². The Morgan fingerprint density at radius 2 is 2.00 bits per heavy atom. The molecule has 0 saturated carbocycles. The largest absolute Gasteiger partial charge is 0.452 e. The fraction of sp³-hybridized carbons (Fsp3) is 0.231. The fourth-order valence-corrected chi connectivity index (χ4v) is 3.85. The Morgan fingerprint density at radius 1 is 1.30 bits per heavy atom. The van der Waals surface area contributed by atoms with Crippen molar-refractivity contribution >= 4 is 31.6 Å². The van der Waals surface area contributed by atoms with Gasteiger partial charge >= 0.3 is 0 Å². The lowest BCUT2D eigenvalue weighted by molar-refractivity contribution is 0.484. The van der Waals surface area contributed by atoms with Gasteiger partial charge in [-0.2, -0.15) is 0 Å². The fourth-order valence-electron chi connectivity index (χ4n) is 1.73. The number of rotatable bonds is 4. The number of hydrogen-bond donors (Lipinski definition) is 2. The maximum absolute atomic E-state index is 12.4. The number of nitrogens with two attached hydrogens (primary N) is 1. The summed E-state index contributed by atoms with van der Waals surface area (Å²) in [5.74, 6) is 0.401. The second-order valence-electron chi connectivity index (χ2n) is 4.48. The smallest absolute Gasteiger partial charge is 0.266 e. The second-order valence-corrected chi connectivity index (χ2v) is 6.85. The zero-order valence-electron chi connectivity index (χ0n) is 11.1. The third kappa shape index (κ3) is 3.05. The van der Waals surface area contributed by atoms with Crippen molar-refractivity contribution in [2.45, 2.75) is 25.3 Å². The number of sulfonamides is 1. The van der Waals surface area contributed by atoms with Gasteiger partial charge in [0.15, 0.2) is 4.67 Å². The van der Waals surface area contributed by atoms with Gasteiger partial charge in [0.2, 0.25) is 0 Å². The molecule has 0 aliphatic heterocycles. The summed E-state index contributed by atoms with van der Waals surface area (Å²) in [5, 5.41) is 0. The lowest BCUT2D eigenvalue weighted by atomic mass is 10.1. The predicted octanol–water partition coefficient (Wildman–Crippen LogP) is 2.92. The van der Waals surface area contributed by atoms with Crippen molar-refractivity contribution in [2.75, 3.05) is 4.72 Å². The zero-order valence-corrected chi connectivity index (χ0v) is 13.5. The van der Waals surface area contributed by atoms with Crippen molar-refractivity contribution in [1.29, 1.82) is 0 Å². The normalized spacial score (nSPS) is 11.6. The highest BCUT2D eigenvalue weighted by Gasteiger charge is 2.22. The molecule has 2 aromatic rings. The highest BCUT2D eigenvalue weighted by molar-refractivity contribution is 9.10. The minimum absolute atomic E-state index is 0.0406. The lowest BCUT2D eigenvalue weighted by Crippen LogP contribution is -2.13. The molecule has 0 fully saturated rings. The molecule has 5 nitrogen and oxygen atoms in total. The van der Waals surface area contributed by atoms with Crippen LogP contribution in [-0.4, -0.2) is 8.42 Å². The molecule has 1 aromatic carbocycles. The van der Waals surface area contributed by atoms with Crippen LogP contribution in [0.25, 0.3) is 0 Å². The van der Waals surface area contributed by atoms with Gasteiger partial charge in [-0.25, -0.2) is 8.42 Å². The number of benzene rings is 1. The summed E-state index contributed by atoms with van der Waals surface area (Å²) in [6.45, 7) is 3.88. The van der Waals surface area contributed by atoms with Crippen molar-refractivity contribution < 1.29 is 12.8 Å². The average Bonchev–Trinajstić information content (AvgIpc) is 2.76. The van der Waals surface area contributed by atoms with Gasteiger partial charge in [-0.15, -0.1) is 0 Å². The van der Waals surface area contributed by atoms with E-state index in [9.17, 15) is 8.42 Å². The van der Waals surface area contributed by atoms with Crippen LogP contribution in [0.5, 0.6) is 0 Å². The number of anilines is 1. The first-order valence-electron chi connectivity index (χ1n) is 5.92. The highest BCUT2D eigenvalue weighted by Crippen LogP contribution is 2.28. The molecule has 108 valence electrons. The average molecular weight is 359 g/mol. The molecular weight excluding hydrogens is 344 g/mol. The molecule has 1 aromatic heterocycles. The van der Waals surface area contributed by atoms with Crippen molar-refractivity contribution in [3.8, 4) is 0 Å². The summed E-state index contributed by atoms with van der Waals surface area (Å²) in [6, 6.07) is 6.98. The minimum Gasteiger partial charge on any atom is -0.452 e. The van der Waals surface area contributed by atoms with E-state index in [-0.39, 0.29) is 16.1 Å². The molecule has 3 N–H and O–H groups in total. The van der Waals surface area contributed by atoms with E-state index in [1.54, 1.807) is 6.07 Å². The van der Waals surface area contributed by atoms with Gasteiger partial charge in [0.25, 0.3) is 10.0 Å². The van der Waals surface area contributed by atoms with E-state index in [4.69, 9.17) is 10.2 Å². The summed E-state index contributed by atoms with van der Waals surface area (Å²) in [5.41, 5.74) is 7.81. The summed E-state index contributed by atoms with van der Waals surface area (Å²) < 4.78 is 32.7. The molecule has 0 atom stereocenters. The predicted molar refractivity (Wildman–Crippen MR) is 81.0 cm³/mol. The first-order chi connectivity index (χ1) is 9.33. The summed E-state index contributed by atoms with van der Waals surface area (Å²) in [4.78, 5) is 0.0406. The Morgan fingerprint density at radius 3 is 2.60 bits per heavy atom. The van der Waals surface area contributed by atoms with E-state index in [0.29, 0.717) is 11.4 Å². The van der Waals surface area contributed by atoms with Crippen LogP contribution >= 0.6 is 15.9 Å². The minimum atomic E-state index is -3.72. The van der Waals surface area contributed by atoms with Gasteiger partial charge < -0.3 is 10.2 Å². The highest BCUT2D eigenvalue weighted by atomic mass is 79.9. The molecule has 0 unspecified atom stereocenters. The zero-order chi connectivity index (χ0) is 14.9. The van der Waals surface area contributed by atoms with E-state index < -0.39 is 10.0 Å². The first-order valence-corrected chi connectivity index (χ1v) is 8.19. The maximum Gasteiger partial charge on any atom is 0.266 e. The third-order valence-corrected chi connectivity index (χ3v) is 5.06. The molecule has 0 aliphatic carbocycles. The quantitative estimate of drug-likeness (QED) is 0.879. The van der Waals surface area contributed by atoms with Crippen molar-refractivity contribution in [2.24, 2.45) is 5.73 Å². The molecular formula is C13H15BrN2O3S. The number of nitrogens with one attached hydrogen (secondary N) is 1. The standard InChI is InChI=1S/C13H15BrN2O3S/c1-8-3-4-9(2)11(5-8)16-20(17,18)12-6-10(7-15)19-13(12)14/h3-6,16H,7,15H2,1-2H3. The van der Waals surface area contributed by atoms with E-state index in [1.165, 1.54) is 6.07 Å². The molecule has 2 rings (SSSR count). The SMILES string of the molecule is Cc1ccc(C)c(NS(=O)(=O)c2cc(CN)oc2Br)c1. The number of furan rings is 1. The molecule has 7 heteroatoms. The molecule has 0 amide bonds. The Labute approximate surface area is 126 Å². The van der Waals surface area contributed by atoms with E-state index >= 15 is 0 Å².